The molecule has 0 atom stereocenters. The normalized spacial score (nSPS) is 14.7. The first kappa shape index (κ1) is 18.2. The number of aryl methyl sites for hydroxylation is 1. The van der Waals surface area contributed by atoms with Gasteiger partial charge in [-0.05, 0) is 50.4 Å². The van der Waals surface area contributed by atoms with E-state index in [9.17, 15) is 0 Å². The summed E-state index contributed by atoms with van der Waals surface area (Å²) in [5.74, 6) is 1.11. The predicted octanol–water partition coefficient (Wildman–Crippen LogP) is 3.42. The van der Waals surface area contributed by atoms with E-state index in [2.05, 4.69) is 73.9 Å². The number of rotatable bonds is 5. The number of piperazine rings is 1. The van der Waals surface area contributed by atoms with E-state index in [0.717, 1.165) is 37.6 Å². The molecule has 7 heteroatoms. The number of anilines is 5. The monoisotopic (exact) mass is 375 g/mol. The standard InChI is InChI=1S/C21H25N7/c1-16-3-5-18(6-4-16)24-21-25-20(15-22-26-21)23-17-7-9-19(10-8-17)28-13-11-27(2)12-14-28/h3-10,15H,11-14H2,1-2H3,(H2,23,24,25,26). The van der Waals surface area contributed by atoms with Gasteiger partial charge in [0.25, 0.3) is 0 Å². The molecule has 1 saturated heterocycles. The smallest absolute Gasteiger partial charge is 0.249 e. The maximum absolute atomic E-state index is 4.49. The molecule has 28 heavy (non-hydrogen) atoms. The van der Waals surface area contributed by atoms with Crippen molar-refractivity contribution in [3.05, 3.63) is 60.3 Å². The van der Waals surface area contributed by atoms with Gasteiger partial charge >= 0.3 is 0 Å². The largest absolute Gasteiger partial charge is 0.369 e. The van der Waals surface area contributed by atoms with E-state index in [0.29, 0.717) is 11.8 Å². The summed E-state index contributed by atoms with van der Waals surface area (Å²) in [7, 11) is 2.17. The van der Waals surface area contributed by atoms with Gasteiger partial charge in [0.1, 0.15) is 0 Å². The van der Waals surface area contributed by atoms with Crippen LogP contribution in [0.4, 0.5) is 28.8 Å². The van der Waals surface area contributed by atoms with Crippen molar-refractivity contribution >= 4 is 28.8 Å². The first-order valence-electron chi connectivity index (χ1n) is 9.50. The quantitative estimate of drug-likeness (QED) is 0.708. The minimum absolute atomic E-state index is 0.461. The third-order valence-corrected chi connectivity index (χ3v) is 4.87. The van der Waals surface area contributed by atoms with Crippen LogP contribution in [0, 0.1) is 6.92 Å². The molecule has 0 unspecified atom stereocenters. The van der Waals surface area contributed by atoms with Gasteiger partial charge in [-0.25, -0.2) is 0 Å². The summed E-state index contributed by atoms with van der Waals surface area (Å²) in [5.41, 5.74) is 4.36. The highest BCUT2D eigenvalue weighted by Gasteiger charge is 2.14. The van der Waals surface area contributed by atoms with Crippen LogP contribution in [0.2, 0.25) is 0 Å². The van der Waals surface area contributed by atoms with Crippen molar-refractivity contribution in [2.24, 2.45) is 0 Å². The molecular formula is C21H25N7. The predicted molar refractivity (Wildman–Crippen MR) is 114 cm³/mol. The summed E-state index contributed by atoms with van der Waals surface area (Å²) in [6.07, 6.45) is 1.62. The lowest BCUT2D eigenvalue weighted by Gasteiger charge is -2.34. The zero-order valence-electron chi connectivity index (χ0n) is 16.3. The van der Waals surface area contributed by atoms with Gasteiger partial charge in [-0.15, -0.1) is 5.10 Å². The van der Waals surface area contributed by atoms with Crippen LogP contribution in [0.25, 0.3) is 0 Å². The van der Waals surface area contributed by atoms with E-state index in [1.165, 1.54) is 11.3 Å². The molecular weight excluding hydrogens is 350 g/mol. The van der Waals surface area contributed by atoms with E-state index >= 15 is 0 Å². The molecule has 144 valence electrons. The maximum Gasteiger partial charge on any atom is 0.249 e. The highest BCUT2D eigenvalue weighted by molar-refractivity contribution is 5.62. The van der Waals surface area contributed by atoms with Crippen molar-refractivity contribution in [2.75, 3.05) is 48.8 Å². The summed E-state index contributed by atoms with van der Waals surface area (Å²) >= 11 is 0. The first-order valence-corrected chi connectivity index (χ1v) is 9.50. The van der Waals surface area contributed by atoms with Crippen molar-refractivity contribution in [3.63, 3.8) is 0 Å². The molecule has 0 amide bonds. The van der Waals surface area contributed by atoms with Gasteiger partial charge in [-0.3, -0.25) is 0 Å². The molecule has 0 bridgehead atoms. The minimum Gasteiger partial charge on any atom is -0.369 e. The highest BCUT2D eigenvalue weighted by Crippen LogP contribution is 2.22. The first-order chi connectivity index (χ1) is 13.7. The topological polar surface area (TPSA) is 69.2 Å². The average molecular weight is 375 g/mol. The van der Waals surface area contributed by atoms with Gasteiger partial charge in [0.05, 0.1) is 6.20 Å². The number of benzene rings is 2. The fourth-order valence-corrected chi connectivity index (χ4v) is 3.15. The fourth-order valence-electron chi connectivity index (χ4n) is 3.15. The summed E-state index contributed by atoms with van der Waals surface area (Å²) < 4.78 is 0. The Kier molecular flexibility index (Phi) is 5.34. The van der Waals surface area contributed by atoms with Gasteiger partial charge < -0.3 is 20.4 Å². The number of aromatic nitrogens is 3. The SMILES string of the molecule is Cc1ccc(Nc2nncc(Nc3ccc(N4CCN(C)CC4)cc3)n2)cc1. The Labute approximate surface area is 165 Å². The molecule has 1 aliphatic rings. The van der Waals surface area contributed by atoms with Crippen molar-refractivity contribution < 1.29 is 0 Å². The van der Waals surface area contributed by atoms with Crippen molar-refractivity contribution in [3.8, 4) is 0 Å². The van der Waals surface area contributed by atoms with Crippen LogP contribution in [-0.2, 0) is 0 Å². The molecule has 2 N–H and O–H groups in total. The van der Waals surface area contributed by atoms with E-state index in [1.54, 1.807) is 6.20 Å². The Bertz CT molecular complexity index is 901. The second-order valence-corrected chi connectivity index (χ2v) is 7.12. The van der Waals surface area contributed by atoms with Gasteiger partial charge in [-0.2, -0.15) is 10.1 Å². The Balaban J connectivity index is 1.40. The number of hydrogen-bond acceptors (Lipinski definition) is 7. The molecule has 1 aliphatic heterocycles. The molecule has 0 saturated carbocycles. The van der Waals surface area contributed by atoms with Crippen LogP contribution >= 0.6 is 0 Å². The van der Waals surface area contributed by atoms with E-state index < -0.39 is 0 Å². The van der Waals surface area contributed by atoms with E-state index in [1.807, 2.05) is 24.3 Å². The molecule has 2 heterocycles. The number of hydrogen-bond donors (Lipinski definition) is 2. The Hall–Kier alpha value is -3.19. The third kappa shape index (κ3) is 4.55. The lowest BCUT2D eigenvalue weighted by molar-refractivity contribution is 0.313. The fraction of sp³-hybridized carbons (Fsp3) is 0.286. The molecule has 2 aromatic carbocycles. The van der Waals surface area contributed by atoms with Crippen LogP contribution in [0.5, 0.6) is 0 Å². The molecule has 3 aromatic rings. The van der Waals surface area contributed by atoms with Crippen LogP contribution in [0.3, 0.4) is 0 Å². The zero-order valence-corrected chi connectivity index (χ0v) is 16.3. The number of likely N-dealkylation sites (N-methyl/N-ethyl adjacent to an activating group) is 1. The minimum atomic E-state index is 0.461. The lowest BCUT2D eigenvalue weighted by Crippen LogP contribution is -2.44. The molecule has 0 aliphatic carbocycles. The molecule has 0 spiro atoms. The molecule has 4 rings (SSSR count). The van der Waals surface area contributed by atoms with Gasteiger partial charge in [0, 0.05) is 43.2 Å². The number of nitrogens with zero attached hydrogens (tertiary/aromatic N) is 5. The summed E-state index contributed by atoms with van der Waals surface area (Å²) in [4.78, 5) is 9.27. The Morgan fingerprint density at radius 3 is 2.18 bits per heavy atom. The number of nitrogens with one attached hydrogen (secondary N) is 2. The van der Waals surface area contributed by atoms with Crippen LogP contribution in [-0.4, -0.2) is 53.3 Å². The van der Waals surface area contributed by atoms with Crippen LogP contribution < -0.4 is 15.5 Å². The van der Waals surface area contributed by atoms with Crippen molar-refractivity contribution in [2.45, 2.75) is 6.92 Å². The van der Waals surface area contributed by atoms with Crippen LogP contribution in [0.15, 0.2) is 54.7 Å². The molecule has 0 radical (unpaired) electrons. The van der Waals surface area contributed by atoms with Gasteiger partial charge in [0.15, 0.2) is 5.82 Å². The Morgan fingerprint density at radius 1 is 0.821 bits per heavy atom. The van der Waals surface area contributed by atoms with E-state index in [4.69, 9.17) is 0 Å². The molecule has 1 aromatic heterocycles. The van der Waals surface area contributed by atoms with Gasteiger partial charge in [0.2, 0.25) is 5.95 Å². The summed E-state index contributed by atoms with van der Waals surface area (Å²) in [5, 5.41) is 14.6. The average Bonchev–Trinajstić information content (AvgIpc) is 2.71. The highest BCUT2D eigenvalue weighted by atomic mass is 15.3. The Morgan fingerprint density at radius 2 is 1.46 bits per heavy atom. The lowest BCUT2D eigenvalue weighted by atomic mass is 10.2. The third-order valence-electron chi connectivity index (χ3n) is 4.87. The second kappa shape index (κ2) is 8.22. The summed E-state index contributed by atoms with van der Waals surface area (Å²) in [6.45, 7) is 6.38. The maximum atomic E-state index is 4.49. The molecule has 7 nitrogen and oxygen atoms in total. The zero-order chi connectivity index (χ0) is 19.3. The van der Waals surface area contributed by atoms with Crippen molar-refractivity contribution in [1.29, 1.82) is 0 Å². The summed E-state index contributed by atoms with van der Waals surface area (Å²) in [6, 6.07) is 16.5. The van der Waals surface area contributed by atoms with Crippen molar-refractivity contribution in [1.82, 2.24) is 20.1 Å². The van der Waals surface area contributed by atoms with Crippen LogP contribution in [0.1, 0.15) is 5.56 Å². The van der Waals surface area contributed by atoms with E-state index in [-0.39, 0.29) is 0 Å². The molecule has 1 fully saturated rings. The van der Waals surface area contributed by atoms with Gasteiger partial charge in [-0.1, -0.05) is 17.7 Å². The second-order valence-electron chi connectivity index (χ2n) is 7.12.